The Balaban J connectivity index is 2.08. The fourth-order valence-corrected chi connectivity index (χ4v) is 1.39. The zero-order chi connectivity index (χ0) is 9.97. The van der Waals surface area contributed by atoms with Crippen LogP contribution < -0.4 is 9.47 Å². The van der Waals surface area contributed by atoms with Crippen molar-refractivity contribution in [1.82, 2.24) is 4.57 Å². The smallest absolute Gasteiger partial charge is 0.179 e. The molecule has 2 heterocycles. The summed E-state index contributed by atoms with van der Waals surface area (Å²) in [5, 5.41) is 17.9. The molecule has 1 aromatic heterocycles. The lowest BCUT2D eigenvalue weighted by atomic mass is 10.4. The van der Waals surface area contributed by atoms with Gasteiger partial charge in [-0.2, -0.15) is 0 Å². The van der Waals surface area contributed by atoms with Crippen LogP contribution in [0.4, 0.5) is 0 Å². The predicted molar refractivity (Wildman–Crippen MR) is 48.5 cm³/mol. The van der Waals surface area contributed by atoms with E-state index in [4.69, 9.17) is 14.6 Å². The van der Waals surface area contributed by atoms with E-state index in [-0.39, 0.29) is 6.61 Å². The highest BCUT2D eigenvalue weighted by molar-refractivity contribution is 5.38. The van der Waals surface area contributed by atoms with Crippen LogP contribution >= 0.6 is 0 Å². The summed E-state index contributed by atoms with van der Waals surface area (Å²) in [6.07, 6.45) is 2.77. The molecule has 0 aromatic carbocycles. The molecule has 14 heavy (non-hydrogen) atoms. The molecule has 1 aromatic rings. The average Bonchev–Trinajstić information content (AvgIpc) is 2.59. The van der Waals surface area contributed by atoms with E-state index in [9.17, 15) is 5.11 Å². The second-order valence-corrected chi connectivity index (χ2v) is 3.22. The van der Waals surface area contributed by atoms with Crippen LogP contribution in [0, 0.1) is 0 Å². The summed E-state index contributed by atoms with van der Waals surface area (Å²) in [5.74, 6) is 1.39. The standard InChI is InChI=1S/C9H13NO4/c11-6-7(12)3-10-4-8-9(5-10)14-2-1-13-8/h4-5,7,11-12H,1-3,6H2. The molecule has 0 radical (unpaired) electrons. The van der Waals surface area contributed by atoms with Gasteiger partial charge < -0.3 is 24.3 Å². The van der Waals surface area contributed by atoms with Crippen molar-refractivity contribution in [3.8, 4) is 11.5 Å². The highest BCUT2D eigenvalue weighted by Crippen LogP contribution is 2.30. The molecule has 0 amide bonds. The molecule has 1 aliphatic rings. The van der Waals surface area contributed by atoms with E-state index in [1.165, 1.54) is 0 Å². The fraction of sp³-hybridized carbons (Fsp3) is 0.556. The van der Waals surface area contributed by atoms with Crippen molar-refractivity contribution in [2.45, 2.75) is 12.6 Å². The Hall–Kier alpha value is -1.20. The van der Waals surface area contributed by atoms with Crippen molar-refractivity contribution in [3.05, 3.63) is 12.4 Å². The van der Waals surface area contributed by atoms with Crippen molar-refractivity contribution < 1.29 is 19.7 Å². The molecule has 0 saturated heterocycles. The maximum absolute atomic E-state index is 9.22. The third-order valence-electron chi connectivity index (χ3n) is 2.04. The number of rotatable bonds is 3. The third kappa shape index (κ3) is 1.83. The minimum atomic E-state index is -0.746. The van der Waals surface area contributed by atoms with Gasteiger partial charge >= 0.3 is 0 Å². The Morgan fingerprint density at radius 1 is 1.29 bits per heavy atom. The molecule has 0 bridgehead atoms. The highest BCUT2D eigenvalue weighted by atomic mass is 16.6. The zero-order valence-electron chi connectivity index (χ0n) is 7.72. The second-order valence-electron chi connectivity index (χ2n) is 3.22. The molecule has 5 heteroatoms. The van der Waals surface area contributed by atoms with E-state index in [0.717, 1.165) is 0 Å². The molecule has 0 fully saturated rings. The SMILES string of the molecule is OCC(O)Cn1cc2c(c1)OCCO2. The molecule has 1 atom stereocenters. The lowest BCUT2D eigenvalue weighted by Crippen LogP contribution is -2.18. The number of aliphatic hydroxyl groups is 2. The Bertz CT molecular complexity index is 286. The summed E-state index contributed by atoms with van der Waals surface area (Å²) in [6, 6.07) is 0. The average molecular weight is 199 g/mol. The van der Waals surface area contributed by atoms with Crippen LogP contribution in [0.25, 0.3) is 0 Å². The summed E-state index contributed by atoms with van der Waals surface area (Å²) in [5.41, 5.74) is 0. The maximum atomic E-state index is 9.22. The number of aromatic nitrogens is 1. The van der Waals surface area contributed by atoms with Crippen LogP contribution in [0.1, 0.15) is 0 Å². The first-order valence-corrected chi connectivity index (χ1v) is 4.54. The van der Waals surface area contributed by atoms with Gasteiger partial charge in [0.15, 0.2) is 11.5 Å². The fourth-order valence-electron chi connectivity index (χ4n) is 1.39. The number of nitrogens with zero attached hydrogens (tertiary/aromatic N) is 1. The van der Waals surface area contributed by atoms with Gasteiger partial charge in [-0.1, -0.05) is 0 Å². The normalized spacial score (nSPS) is 16.7. The summed E-state index contributed by atoms with van der Waals surface area (Å²) < 4.78 is 12.4. The molecule has 5 nitrogen and oxygen atoms in total. The van der Waals surface area contributed by atoms with Gasteiger partial charge in [-0.3, -0.25) is 0 Å². The minimum absolute atomic E-state index is 0.245. The highest BCUT2D eigenvalue weighted by Gasteiger charge is 2.15. The van der Waals surface area contributed by atoms with Gasteiger partial charge in [-0.15, -0.1) is 0 Å². The van der Waals surface area contributed by atoms with Gasteiger partial charge in [-0.05, 0) is 0 Å². The van der Waals surface area contributed by atoms with E-state index in [1.807, 2.05) is 0 Å². The third-order valence-corrected chi connectivity index (χ3v) is 2.04. The molecule has 0 saturated carbocycles. The number of ether oxygens (including phenoxy) is 2. The summed E-state index contributed by atoms with van der Waals surface area (Å²) in [7, 11) is 0. The number of fused-ring (bicyclic) bond motifs is 1. The lowest BCUT2D eigenvalue weighted by molar-refractivity contribution is 0.0812. The zero-order valence-corrected chi connectivity index (χ0v) is 7.72. The molecule has 1 aliphatic heterocycles. The van der Waals surface area contributed by atoms with Crippen molar-refractivity contribution in [2.75, 3.05) is 19.8 Å². The van der Waals surface area contributed by atoms with E-state index >= 15 is 0 Å². The van der Waals surface area contributed by atoms with Crippen LogP contribution in [0.3, 0.4) is 0 Å². The van der Waals surface area contributed by atoms with Crippen molar-refractivity contribution in [2.24, 2.45) is 0 Å². The van der Waals surface area contributed by atoms with Crippen LogP contribution in [-0.4, -0.2) is 40.7 Å². The van der Waals surface area contributed by atoms with Gasteiger partial charge in [0.25, 0.3) is 0 Å². The summed E-state index contributed by atoms with van der Waals surface area (Å²) in [6.45, 7) is 1.21. The molecule has 0 spiro atoms. The molecule has 2 rings (SSSR count). The Labute approximate surface area is 81.5 Å². The van der Waals surface area contributed by atoms with Crippen LogP contribution in [-0.2, 0) is 6.54 Å². The maximum Gasteiger partial charge on any atom is 0.179 e. The number of hydrogen-bond acceptors (Lipinski definition) is 4. The van der Waals surface area contributed by atoms with Gasteiger partial charge in [0.1, 0.15) is 13.2 Å². The molecular weight excluding hydrogens is 186 g/mol. The van der Waals surface area contributed by atoms with E-state index < -0.39 is 6.10 Å². The first-order valence-electron chi connectivity index (χ1n) is 4.54. The molecule has 2 N–H and O–H groups in total. The number of aliphatic hydroxyl groups excluding tert-OH is 2. The molecular formula is C9H13NO4. The topological polar surface area (TPSA) is 63.9 Å². The first-order chi connectivity index (χ1) is 6.79. The van der Waals surface area contributed by atoms with Crippen LogP contribution in [0.2, 0.25) is 0 Å². The van der Waals surface area contributed by atoms with E-state index in [2.05, 4.69) is 0 Å². The summed E-state index contributed by atoms with van der Waals surface area (Å²) >= 11 is 0. The molecule has 0 aliphatic carbocycles. The van der Waals surface area contributed by atoms with E-state index in [0.29, 0.717) is 31.3 Å². The van der Waals surface area contributed by atoms with Gasteiger partial charge in [0.2, 0.25) is 0 Å². The van der Waals surface area contributed by atoms with E-state index in [1.54, 1.807) is 17.0 Å². The largest absolute Gasteiger partial charge is 0.485 e. The predicted octanol–water partition coefficient (Wildman–Crippen LogP) is -0.388. The van der Waals surface area contributed by atoms with Gasteiger partial charge in [0.05, 0.1) is 31.6 Å². The second kappa shape index (κ2) is 3.89. The first kappa shape index (κ1) is 9.36. The lowest BCUT2D eigenvalue weighted by Gasteiger charge is -2.13. The Kier molecular flexibility index (Phi) is 2.60. The minimum Gasteiger partial charge on any atom is -0.485 e. The Morgan fingerprint density at radius 2 is 1.86 bits per heavy atom. The summed E-state index contributed by atoms with van der Waals surface area (Å²) in [4.78, 5) is 0. The molecule has 78 valence electrons. The van der Waals surface area contributed by atoms with Crippen LogP contribution in [0.5, 0.6) is 11.5 Å². The Morgan fingerprint density at radius 3 is 2.36 bits per heavy atom. The monoisotopic (exact) mass is 199 g/mol. The quantitative estimate of drug-likeness (QED) is 0.696. The molecule has 1 unspecified atom stereocenters. The van der Waals surface area contributed by atoms with Crippen molar-refractivity contribution >= 4 is 0 Å². The van der Waals surface area contributed by atoms with Crippen LogP contribution in [0.15, 0.2) is 12.4 Å². The van der Waals surface area contributed by atoms with Gasteiger partial charge in [-0.25, -0.2) is 0 Å². The van der Waals surface area contributed by atoms with Gasteiger partial charge in [0, 0.05) is 0 Å². The number of hydrogen-bond donors (Lipinski definition) is 2. The van der Waals surface area contributed by atoms with Crippen molar-refractivity contribution in [3.63, 3.8) is 0 Å². The van der Waals surface area contributed by atoms with Crippen molar-refractivity contribution in [1.29, 1.82) is 0 Å².